The van der Waals surface area contributed by atoms with Gasteiger partial charge < -0.3 is 5.73 Å². The van der Waals surface area contributed by atoms with Crippen LogP contribution in [0.2, 0.25) is 0 Å². The van der Waals surface area contributed by atoms with Crippen LogP contribution in [0.1, 0.15) is 38.5 Å². The van der Waals surface area contributed by atoms with E-state index in [-0.39, 0.29) is 0 Å². The second-order valence-corrected chi connectivity index (χ2v) is 5.09. The first-order valence-corrected chi connectivity index (χ1v) is 6.49. The first-order chi connectivity index (χ1) is 7.75. The maximum Gasteiger partial charge on any atom is 0.0908 e. The summed E-state index contributed by atoms with van der Waals surface area (Å²) in [5.74, 6) is 0.984. The molecule has 4 heteroatoms. The molecule has 0 aromatic heterocycles. The zero-order valence-electron chi connectivity index (χ0n) is 9.99. The highest BCUT2D eigenvalue weighted by Gasteiger charge is 2.26. The maximum atomic E-state index is 7.32. The Morgan fingerprint density at radius 2 is 2.00 bits per heavy atom. The average molecular weight is 223 g/mol. The van der Waals surface area contributed by atoms with Crippen LogP contribution in [0.3, 0.4) is 0 Å². The topological polar surface area (TPSA) is 67.2 Å². The third-order valence-corrected chi connectivity index (χ3v) is 3.79. The highest BCUT2D eigenvalue weighted by atomic mass is 15.3. The van der Waals surface area contributed by atoms with E-state index in [2.05, 4.69) is 4.90 Å². The normalized spacial score (nSPS) is 29.1. The molecule has 0 amide bonds. The molecule has 2 saturated heterocycles. The van der Waals surface area contributed by atoms with Crippen LogP contribution in [0, 0.1) is 11.3 Å². The fraction of sp³-hybridized carbons (Fsp3) is 0.917. The molecular weight excluding hydrogens is 200 g/mol. The van der Waals surface area contributed by atoms with Crippen molar-refractivity contribution in [3.8, 4) is 0 Å². The average Bonchev–Trinajstić information content (AvgIpc) is 2.30. The lowest BCUT2D eigenvalue weighted by Gasteiger charge is -2.38. The third kappa shape index (κ3) is 3.19. The van der Waals surface area contributed by atoms with Gasteiger partial charge in [0.05, 0.1) is 12.0 Å². The fourth-order valence-corrected chi connectivity index (χ4v) is 2.83. The van der Waals surface area contributed by atoms with Crippen LogP contribution in [-0.4, -0.2) is 36.5 Å². The summed E-state index contributed by atoms with van der Waals surface area (Å²) in [6.07, 6.45) is 7.51. The van der Waals surface area contributed by atoms with E-state index < -0.39 is 0 Å². The van der Waals surface area contributed by atoms with E-state index in [1.165, 1.54) is 32.1 Å². The molecule has 0 aromatic carbocycles. The first kappa shape index (κ1) is 11.9. The summed E-state index contributed by atoms with van der Waals surface area (Å²) >= 11 is 0. The van der Waals surface area contributed by atoms with Crippen LogP contribution < -0.4 is 11.1 Å². The van der Waals surface area contributed by atoms with Crippen molar-refractivity contribution in [2.45, 2.75) is 44.7 Å². The Bertz CT molecular complexity index is 227. The monoisotopic (exact) mass is 223 g/mol. The van der Waals surface area contributed by atoms with Gasteiger partial charge in [0.1, 0.15) is 0 Å². The summed E-state index contributed by atoms with van der Waals surface area (Å²) in [5.41, 5.74) is 5.45. The van der Waals surface area contributed by atoms with Crippen molar-refractivity contribution in [2.75, 3.05) is 19.6 Å². The Labute approximate surface area is 98.1 Å². The van der Waals surface area contributed by atoms with E-state index in [1.54, 1.807) is 0 Å². The highest BCUT2D eigenvalue weighted by molar-refractivity contribution is 5.77. The number of amidine groups is 1. The van der Waals surface area contributed by atoms with E-state index in [1.807, 2.05) is 0 Å². The number of rotatable bonds is 3. The number of piperidine rings is 2. The minimum atomic E-state index is 0.348. The van der Waals surface area contributed by atoms with Gasteiger partial charge >= 0.3 is 0 Å². The van der Waals surface area contributed by atoms with Gasteiger partial charge in [-0.1, -0.05) is 0 Å². The first-order valence-electron chi connectivity index (χ1n) is 6.49. The van der Waals surface area contributed by atoms with Gasteiger partial charge in [-0.05, 0) is 51.1 Å². The summed E-state index contributed by atoms with van der Waals surface area (Å²) in [6, 6.07) is 0. The molecule has 91 valence electrons. The molecule has 0 spiro atoms. The highest BCUT2D eigenvalue weighted by Crippen LogP contribution is 2.23. The lowest BCUT2D eigenvalue weighted by Crippen LogP contribution is -2.48. The van der Waals surface area contributed by atoms with Crippen LogP contribution in [0.5, 0.6) is 0 Å². The summed E-state index contributed by atoms with van der Waals surface area (Å²) < 4.78 is 0. The quantitative estimate of drug-likeness (QED) is 0.556. The van der Waals surface area contributed by atoms with E-state index in [0.717, 1.165) is 26.1 Å². The second kappa shape index (κ2) is 5.64. The molecule has 2 fully saturated rings. The molecule has 0 aliphatic carbocycles. The number of hydrogen-bond donors (Lipinski definition) is 2. The van der Waals surface area contributed by atoms with Crippen molar-refractivity contribution in [3.63, 3.8) is 0 Å². The van der Waals surface area contributed by atoms with E-state index in [9.17, 15) is 0 Å². The molecule has 0 bridgehead atoms. The van der Waals surface area contributed by atoms with Crippen LogP contribution in [0.25, 0.3) is 0 Å². The third-order valence-electron chi connectivity index (χ3n) is 3.79. The van der Waals surface area contributed by atoms with Gasteiger partial charge in [-0.2, -0.15) is 0 Å². The van der Waals surface area contributed by atoms with E-state index in [4.69, 9.17) is 16.5 Å². The molecule has 2 aliphatic heterocycles. The van der Waals surface area contributed by atoms with Crippen molar-refractivity contribution in [1.29, 1.82) is 5.41 Å². The summed E-state index contributed by atoms with van der Waals surface area (Å²) in [7, 11) is 0. The predicted octanol–water partition coefficient (Wildman–Crippen LogP) is 1.14. The van der Waals surface area contributed by atoms with E-state index >= 15 is 0 Å². The summed E-state index contributed by atoms with van der Waals surface area (Å²) in [6.45, 7) is 3.34. The molecule has 0 saturated carbocycles. The minimum absolute atomic E-state index is 0.348. The van der Waals surface area contributed by atoms with Crippen LogP contribution in [0.15, 0.2) is 0 Å². The molecule has 0 aromatic rings. The molecule has 2 rings (SSSR count). The molecule has 2 aliphatic rings. The lowest BCUT2D eigenvalue weighted by molar-refractivity contribution is 0.0916. The molecule has 16 heavy (non-hydrogen) atoms. The SMILES string of the molecule is N=C(N)CC1CCN(C2CCCC[N]2)CC1. The molecule has 1 atom stereocenters. The number of nitrogens with one attached hydrogen (secondary N) is 1. The molecular formula is C12H23N4. The second-order valence-electron chi connectivity index (χ2n) is 5.09. The Morgan fingerprint density at radius 3 is 2.56 bits per heavy atom. The van der Waals surface area contributed by atoms with Gasteiger partial charge in [-0.25, -0.2) is 5.32 Å². The standard InChI is InChI=1S/C12H23N4/c13-11(14)9-10-4-7-16(8-5-10)12-3-1-2-6-15-12/h10,12H,1-9H2,(H3,13,14). The number of nitrogens with two attached hydrogens (primary N) is 1. The van der Waals surface area contributed by atoms with Gasteiger partial charge in [0.15, 0.2) is 0 Å². The zero-order chi connectivity index (χ0) is 11.4. The van der Waals surface area contributed by atoms with Crippen molar-refractivity contribution < 1.29 is 0 Å². The summed E-state index contributed by atoms with van der Waals surface area (Å²) in [5, 5.41) is 12.0. The molecule has 3 N–H and O–H groups in total. The number of hydrogen-bond acceptors (Lipinski definition) is 2. The Balaban J connectivity index is 1.73. The Morgan fingerprint density at radius 1 is 1.25 bits per heavy atom. The summed E-state index contributed by atoms with van der Waals surface area (Å²) in [4.78, 5) is 2.52. The lowest BCUT2D eigenvalue weighted by atomic mass is 9.92. The van der Waals surface area contributed by atoms with Crippen LogP contribution in [0.4, 0.5) is 0 Å². The molecule has 4 nitrogen and oxygen atoms in total. The van der Waals surface area contributed by atoms with Crippen molar-refractivity contribution in [2.24, 2.45) is 11.7 Å². The zero-order valence-corrected chi connectivity index (χ0v) is 9.99. The minimum Gasteiger partial charge on any atom is -0.388 e. The predicted molar refractivity (Wildman–Crippen MR) is 65.5 cm³/mol. The number of likely N-dealkylation sites (tertiary alicyclic amines) is 1. The fourth-order valence-electron chi connectivity index (χ4n) is 2.83. The van der Waals surface area contributed by atoms with Gasteiger partial charge in [0.2, 0.25) is 0 Å². The molecule has 2 heterocycles. The van der Waals surface area contributed by atoms with Crippen LogP contribution >= 0.6 is 0 Å². The van der Waals surface area contributed by atoms with Crippen molar-refractivity contribution in [1.82, 2.24) is 10.2 Å². The Hall–Kier alpha value is -0.610. The van der Waals surface area contributed by atoms with Crippen molar-refractivity contribution >= 4 is 5.84 Å². The van der Waals surface area contributed by atoms with Gasteiger partial charge in [0.25, 0.3) is 0 Å². The maximum absolute atomic E-state index is 7.32. The Kier molecular flexibility index (Phi) is 4.18. The van der Waals surface area contributed by atoms with Gasteiger partial charge in [0, 0.05) is 13.0 Å². The van der Waals surface area contributed by atoms with Crippen molar-refractivity contribution in [3.05, 3.63) is 0 Å². The van der Waals surface area contributed by atoms with E-state index in [0.29, 0.717) is 17.9 Å². The largest absolute Gasteiger partial charge is 0.388 e. The smallest absolute Gasteiger partial charge is 0.0908 e. The van der Waals surface area contributed by atoms with Crippen LogP contribution in [-0.2, 0) is 0 Å². The molecule has 1 unspecified atom stereocenters. The number of nitrogens with zero attached hydrogens (tertiary/aromatic N) is 2. The van der Waals surface area contributed by atoms with Gasteiger partial charge in [-0.15, -0.1) is 0 Å². The van der Waals surface area contributed by atoms with Gasteiger partial charge in [-0.3, -0.25) is 10.3 Å². The molecule has 1 radical (unpaired) electrons.